The molecule has 0 saturated carbocycles. The average Bonchev–Trinajstić information content (AvgIpc) is 3.19. The van der Waals surface area contributed by atoms with Crippen molar-refractivity contribution in [3.63, 3.8) is 0 Å². The number of carbonyl (C=O) groups is 1. The van der Waals surface area contributed by atoms with Crippen LogP contribution >= 0.6 is 34.5 Å². The molecule has 0 fully saturated rings. The fourth-order valence-corrected chi connectivity index (χ4v) is 4.04. The quantitative estimate of drug-likeness (QED) is 0.248. The Morgan fingerprint density at radius 2 is 1.90 bits per heavy atom. The second-order valence-electron chi connectivity index (χ2n) is 5.88. The highest BCUT2D eigenvalue weighted by Gasteiger charge is 2.15. The summed E-state index contributed by atoms with van der Waals surface area (Å²) in [5, 5.41) is 3.87. The molecule has 1 heterocycles. The van der Waals surface area contributed by atoms with E-state index in [0.717, 1.165) is 21.8 Å². The lowest BCUT2D eigenvalue weighted by molar-refractivity contribution is -0.133. The smallest absolute Gasteiger partial charge is 0.341 e. The van der Waals surface area contributed by atoms with E-state index in [2.05, 4.69) is 4.98 Å². The minimum Gasteiger partial charge on any atom is -0.503 e. The highest BCUT2D eigenvalue weighted by Crippen LogP contribution is 2.33. The number of thiazole rings is 1. The van der Waals surface area contributed by atoms with Gasteiger partial charge in [-0.15, -0.1) is 11.3 Å². The summed E-state index contributed by atoms with van der Waals surface area (Å²) in [6.45, 7) is 0. The molecule has 0 atom stereocenters. The molecular formula is C22H17Cl2NO3S. The molecule has 3 aromatic rings. The summed E-state index contributed by atoms with van der Waals surface area (Å²) in [5.41, 5.74) is 3.48. The number of methoxy groups -OCH3 is 2. The lowest BCUT2D eigenvalue weighted by Crippen LogP contribution is -2.05. The minimum absolute atomic E-state index is 0.335. The van der Waals surface area contributed by atoms with Crippen LogP contribution in [0.3, 0.4) is 0 Å². The zero-order valence-electron chi connectivity index (χ0n) is 15.7. The number of benzene rings is 2. The van der Waals surface area contributed by atoms with Crippen molar-refractivity contribution in [2.24, 2.45) is 0 Å². The molecule has 0 radical (unpaired) electrons. The van der Waals surface area contributed by atoms with E-state index in [4.69, 9.17) is 32.7 Å². The molecule has 148 valence electrons. The Kier molecular flexibility index (Phi) is 7.09. The molecule has 0 N–H and O–H groups in total. The van der Waals surface area contributed by atoms with E-state index in [-0.39, 0.29) is 0 Å². The molecule has 0 spiro atoms. The number of esters is 1. The first kappa shape index (κ1) is 21.1. The summed E-state index contributed by atoms with van der Waals surface area (Å²) in [4.78, 5) is 16.7. The Labute approximate surface area is 183 Å². The molecule has 0 bridgehead atoms. The largest absolute Gasteiger partial charge is 0.503 e. The van der Waals surface area contributed by atoms with E-state index >= 15 is 0 Å². The van der Waals surface area contributed by atoms with Crippen LogP contribution in [0.5, 0.6) is 0 Å². The van der Waals surface area contributed by atoms with Gasteiger partial charge < -0.3 is 9.47 Å². The van der Waals surface area contributed by atoms with Crippen LogP contribution in [0.25, 0.3) is 28.3 Å². The van der Waals surface area contributed by atoms with Gasteiger partial charge in [0, 0.05) is 16.0 Å². The fourth-order valence-electron chi connectivity index (χ4n) is 2.66. The molecule has 0 amide bonds. The highest BCUT2D eigenvalue weighted by molar-refractivity contribution is 7.13. The first-order valence-corrected chi connectivity index (χ1v) is 10.2. The third kappa shape index (κ3) is 5.07. The van der Waals surface area contributed by atoms with Crippen molar-refractivity contribution in [1.82, 2.24) is 4.98 Å². The molecule has 0 saturated heterocycles. The maximum Gasteiger partial charge on any atom is 0.341 e. The zero-order valence-corrected chi connectivity index (χ0v) is 18.0. The molecule has 0 unspecified atom stereocenters. The van der Waals surface area contributed by atoms with Gasteiger partial charge in [-0.05, 0) is 35.4 Å². The lowest BCUT2D eigenvalue weighted by Gasteiger charge is -2.08. The fraction of sp³-hybridized carbons (Fsp3) is 0.0909. The van der Waals surface area contributed by atoms with E-state index in [1.165, 1.54) is 31.8 Å². The number of hydrogen-bond donors (Lipinski definition) is 0. The summed E-state index contributed by atoms with van der Waals surface area (Å²) < 4.78 is 9.92. The van der Waals surface area contributed by atoms with E-state index in [0.29, 0.717) is 21.2 Å². The molecule has 0 aliphatic carbocycles. The van der Waals surface area contributed by atoms with Gasteiger partial charge in [0.15, 0.2) is 0 Å². The first-order chi connectivity index (χ1) is 14.0. The van der Waals surface area contributed by atoms with Crippen molar-refractivity contribution in [1.29, 1.82) is 0 Å². The van der Waals surface area contributed by atoms with E-state index in [1.54, 1.807) is 12.1 Å². The summed E-state index contributed by atoms with van der Waals surface area (Å²) in [6, 6.07) is 12.8. The number of aromatic nitrogens is 1. The summed E-state index contributed by atoms with van der Waals surface area (Å²) in [5.74, 6) is -0.471. The molecule has 2 aromatic carbocycles. The molecule has 7 heteroatoms. The predicted molar refractivity (Wildman–Crippen MR) is 120 cm³/mol. The van der Waals surface area contributed by atoms with Gasteiger partial charge in [0.25, 0.3) is 0 Å². The number of rotatable bonds is 6. The average molecular weight is 446 g/mol. The van der Waals surface area contributed by atoms with Crippen LogP contribution in [0, 0.1) is 0 Å². The Bertz CT molecular complexity index is 1090. The van der Waals surface area contributed by atoms with Crippen LogP contribution in [-0.4, -0.2) is 25.2 Å². The Morgan fingerprint density at radius 3 is 2.62 bits per heavy atom. The van der Waals surface area contributed by atoms with Crippen molar-refractivity contribution in [2.45, 2.75) is 0 Å². The molecule has 29 heavy (non-hydrogen) atoms. The summed E-state index contributed by atoms with van der Waals surface area (Å²) in [6.07, 6.45) is 5.15. The molecule has 1 aromatic heterocycles. The van der Waals surface area contributed by atoms with Crippen molar-refractivity contribution >= 4 is 58.2 Å². The van der Waals surface area contributed by atoms with Gasteiger partial charge in [0.1, 0.15) is 10.6 Å². The number of ether oxygens (including phenoxy) is 2. The summed E-state index contributed by atoms with van der Waals surface area (Å²) in [7, 11) is 2.82. The molecule has 0 aliphatic rings. The second-order valence-corrected chi connectivity index (χ2v) is 7.58. The normalized spacial score (nSPS) is 11.7. The second kappa shape index (κ2) is 9.74. The standard InChI is InChI=1S/C22H17Cl2NO3S/c1-27-12-19(22(26)28-2)17-6-4-3-5-14(17)7-9-16-13-29-21(25-16)18-10-8-15(23)11-20(18)24/h3-13H,1-2H3/b9-7+,19-12-. The van der Waals surface area contributed by atoms with Gasteiger partial charge in [-0.3, -0.25) is 0 Å². The summed E-state index contributed by atoms with van der Waals surface area (Å²) >= 11 is 13.7. The topological polar surface area (TPSA) is 48.4 Å². The zero-order chi connectivity index (χ0) is 20.8. The Morgan fingerprint density at radius 1 is 1.10 bits per heavy atom. The Hall–Kier alpha value is -2.60. The first-order valence-electron chi connectivity index (χ1n) is 8.53. The van der Waals surface area contributed by atoms with Crippen LogP contribution in [0.1, 0.15) is 16.8 Å². The number of carbonyl (C=O) groups excluding carboxylic acids is 1. The van der Waals surface area contributed by atoms with Crippen molar-refractivity contribution in [2.75, 3.05) is 14.2 Å². The molecule has 3 rings (SSSR count). The van der Waals surface area contributed by atoms with Crippen molar-refractivity contribution in [3.05, 3.63) is 81.0 Å². The van der Waals surface area contributed by atoms with Gasteiger partial charge in [-0.25, -0.2) is 9.78 Å². The monoisotopic (exact) mass is 445 g/mol. The van der Waals surface area contributed by atoms with Crippen LogP contribution in [0.4, 0.5) is 0 Å². The third-order valence-electron chi connectivity index (χ3n) is 4.01. The lowest BCUT2D eigenvalue weighted by atomic mass is 10.00. The highest BCUT2D eigenvalue weighted by atomic mass is 35.5. The van der Waals surface area contributed by atoms with Crippen LogP contribution in [0.2, 0.25) is 10.0 Å². The molecule has 0 aliphatic heterocycles. The number of hydrogen-bond acceptors (Lipinski definition) is 5. The van der Waals surface area contributed by atoms with Crippen LogP contribution in [0.15, 0.2) is 54.1 Å². The number of nitrogens with zero attached hydrogens (tertiary/aromatic N) is 1. The maximum absolute atomic E-state index is 12.1. The van der Waals surface area contributed by atoms with Crippen LogP contribution in [-0.2, 0) is 14.3 Å². The SMILES string of the molecule is CO/C=C(\C(=O)OC)c1ccccc1/C=C/c1csc(-c2ccc(Cl)cc2Cl)n1. The molecule has 4 nitrogen and oxygen atoms in total. The third-order valence-corrected chi connectivity index (χ3v) is 5.45. The van der Waals surface area contributed by atoms with Crippen molar-refractivity contribution in [3.8, 4) is 10.6 Å². The van der Waals surface area contributed by atoms with E-state index in [9.17, 15) is 4.79 Å². The van der Waals surface area contributed by atoms with Gasteiger partial charge >= 0.3 is 5.97 Å². The van der Waals surface area contributed by atoms with Gasteiger partial charge in [-0.2, -0.15) is 0 Å². The number of halogens is 2. The van der Waals surface area contributed by atoms with Gasteiger partial charge in [-0.1, -0.05) is 53.5 Å². The minimum atomic E-state index is -0.471. The van der Waals surface area contributed by atoms with Crippen LogP contribution < -0.4 is 0 Å². The molecular weight excluding hydrogens is 429 g/mol. The predicted octanol–water partition coefficient (Wildman–Crippen LogP) is 6.45. The van der Waals surface area contributed by atoms with E-state index in [1.807, 2.05) is 47.9 Å². The van der Waals surface area contributed by atoms with Crippen molar-refractivity contribution < 1.29 is 14.3 Å². The van der Waals surface area contributed by atoms with Gasteiger partial charge in [0.2, 0.25) is 0 Å². The maximum atomic E-state index is 12.1. The van der Waals surface area contributed by atoms with Gasteiger partial charge in [0.05, 0.1) is 31.2 Å². The van der Waals surface area contributed by atoms with E-state index < -0.39 is 5.97 Å². The Balaban J connectivity index is 1.91.